The topological polar surface area (TPSA) is 57.6 Å². The summed E-state index contributed by atoms with van der Waals surface area (Å²) >= 11 is 0. The second-order valence-electron chi connectivity index (χ2n) is 6.79. The lowest BCUT2D eigenvalue weighted by atomic mass is 9.88. The van der Waals surface area contributed by atoms with Crippen LogP contribution < -0.4 is 0 Å². The van der Waals surface area contributed by atoms with Crippen molar-refractivity contribution in [2.24, 2.45) is 0 Å². The number of hydrogen-bond acceptors (Lipinski definition) is 2. The number of hydrogen-bond donors (Lipinski definition) is 1. The Bertz CT molecular complexity index is 787. The van der Waals surface area contributed by atoms with Crippen molar-refractivity contribution in [2.75, 3.05) is 13.1 Å². The van der Waals surface area contributed by atoms with E-state index in [2.05, 4.69) is 0 Å². The first-order valence-electron chi connectivity index (χ1n) is 8.65. The highest BCUT2D eigenvalue weighted by molar-refractivity contribution is 5.94. The van der Waals surface area contributed by atoms with Crippen molar-refractivity contribution >= 4 is 11.9 Å². The molecule has 0 bridgehead atoms. The highest BCUT2D eigenvalue weighted by atomic mass is 16.4. The molecule has 25 heavy (non-hydrogen) atoms. The van der Waals surface area contributed by atoms with Crippen molar-refractivity contribution in [1.82, 2.24) is 4.90 Å². The Hall–Kier alpha value is -2.62. The van der Waals surface area contributed by atoms with Gasteiger partial charge in [-0.05, 0) is 73.6 Å². The molecule has 0 radical (unpaired) electrons. The number of aromatic carboxylic acids is 1. The Morgan fingerprint density at radius 3 is 2.08 bits per heavy atom. The van der Waals surface area contributed by atoms with Crippen LogP contribution in [0.3, 0.4) is 0 Å². The number of aryl methyl sites for hydroxylation is 2. The summed E-state index contributed by atoms with van der Waals surface area (Å²) in [7, 11) is 0. The first kappa shape index (κ1) is 17.2. The van der Waals surface area contributed by atoms with Crippen molar-refractivity contribution in [1.29, 1.82) is 0 Å². The normalized spacial score (nSPS) is 15.2. The lowest BCUT2D eigenvalue weighted by Crippen LogP contribution is -2.38. The molecule has 130 valence electrons. The summed E-state index contributed by atoms with van der Waals surface area (Å²) in [5.41, 5.74) is 4.56. The number of carbonyl (C=O) groups excluding carboxylic acids is 1. The van der Waals surface area contributed by atoms with Crippen LogP contribution in [0.1, 0.15) is 56.2 Å². The molecule has 1 amide bonds. The van der Waals surface area contributed by atoms with Gasteiger partial charge in [-0.1, -0.05) is 18.2 Å². The summed E-state index contributed by atoms with van der Waals surface area (Å²) in [6, 6.07) is 13.0. The van der Waals surface area contributed by atoms with E-state index in [-0.39, 0.29) is 5.91 Å². The van der Waals surface area contributed by atoms with E-state index in [0.717, 1.165) is 42.6 Å². The summed E-state index contributed by atoms with van der Waals surface area (Å²) in [5, 5.41) is 8.98. The van der Waals surface area contributed by atoms with Crippen molar-refractivity contribution in [3.05, 3.63) is 70.3 Å². The summed E-state index contributed by atoms with van der Waals surface area (Å²) in [6.45, 7) is 5.54. The lowest BCUT2D eigenvalue weighted by Gasteiger charge is -2.32. The van der Waals surface area contributed by atoms with E-state index < -0.39 is 5.97 Å². The van der Waals surface area contributed by atoms with Gasteiger partial charge >= 0.3 is 5.97 Å². The summed E-state index contributed by atoms with van der Waals surface area (Å²) in [4.78, 5) is 25.6. The van der Waals surface area contributed by atoms with E-state index in [9.17, 15) is 9.59 Å². The highest BCUT2D eigenvalue weighted by Gasteiger charge is 2.24. The van der Waals surface area contributed by atoms with Crippen LogP contribution in [0.4, 0.5) is 0 Å². The summed E-state index contributed by atoms with van der Waals surface area (Å²) < 4.78 is 0. The molecule has 3 rings (SSSR count). The van der Waals surface area contributed by atoms with Crippen molar-refractivity contribution in [3.8, 4) is 0 Å². The molecule has 2 aromatic carbocycles. The Morgan fingerprint density at radius 2 is 1.52 bits per heavy atom. The van der Waals surface area contributed by atoms with Crippen LogP contribution in [0.2, 0.25) is 0 Å². The van der Waals surface area contributed by atoms with Gasteiger partial charge in [0, 0.05) is 18.7 Å². The Morgan fingerprint density at radius 1 is 0.920 bits per heavy atom. The van der Waals surface area contributed by atoms with Gasteiger partial charge in [-0.3, -0.25) is 4.79 Å². The van der Waals surface area contributed by atoms with Crippen molar-refractivity contribution in [3.63, 3.8) is 0 Å². The molecule has 1 aliphatic heterocycles. The molecule has 1 N–H and O–H groups in total. The largest absolute Gasteiger partial charge is 0.478 e. The first-order valence-corrected chi connectivity index (χ1v) is 8.65. The predicted molar refractivity (Wildman–Crippen MR) is 97.2 cm³/mol. The fourth-order valence-corrected chi connectivity index (χ4v) is 3.37. The third-order valence-corrected chi connectivity index (χ3v) is 5.17. The number of nitrogens with zero attached hydrogens (tertiary/aromatic N) is 1. The lowest BCUT2D eigenvalue weighted by molar-refractivity contribution is 0.0691. The maximum Gasteiger partial charge on any atom is 0.335 e. The van der Waals surface area contributed by atoms with Gasteiger partial charge in [-0.15, -0.1) is 0 Å². The van der Waals surface area contributed by atoms with E-state index in [4.69, 9.17) is 5.11 Å². The maximum absolute atomic E-state index is 12.7. The fraction of sp³-hybridized carbons (Fsp3) is 0.333. The van der Waals surface area contributed by atoms with Gasteiger partial charge in [-0.25, -0.2) is 4.79 Å². The second kappa shape index (κ2) is 7.09. The van der Waals surface area contributed by atoms with Crippen LogP contribution in [0.15, 0.2) is 42.5 Å². The predicted octanol–water partition coefficient (Wildman–Crippen LogP) is 4.02. The number of benzene rings is 2. The minimum atomic E-state index is -0.902. The number of likely N-dealkylation sites (tertiary alicyclic amines) is 1. The van der Waals surface area contributed by atoms with Gasteiger partial charge in [0.1, 0.15) is 0 Å². The fourth-order valence-electron chi connectivity index (χ4n) is 3.37. The van der Waals surface area contributed by atoms with Gasteiger partial charge in [0.2, 0.25) is 0 Å². The molecule has 0 aliphatic carbocycles. The molecule has 4 nitrogen and oxygen atoms in total. The van der Waals surface area contributed by atoms with Gasteiger partial charge in [0.25, 0.3) is 5.91 Å². The van der Waals surface area contributed by atoms with E-state index in [0.29, 0.717) is 11.5 Å². The van der Waals surface area contributed by atoms with Crippen LogP contribution >= 0.6 is 0 Å². The SMILES string of the molecule is Cc1ccc(C(=O)N2CCC(c3ccc(C(=O)O)cc3)CC2)cc1C. The molecule has 2 aromatic rings. The quantitative estimate of drug-likeness (QED) is 0.920. The van der Waals surface area contributed by atoms with Gasteiger partial charge in [-0.2, -0.15) is 0 Å². The smallest absolute Gasteiger partial charge is 0.335 e. The Kier molecular flexibility index (Phi) is 4.88. The summed E-state index contributed by atoms with van der Waals surface area (Å²) in [6.07, 6.45) is 1.81. The monoisotopic (exact) mass is 337 g/mol. The molecule has 1 fully saturated rings. The third-order valence-electron chi connectivity index (χ3n) is 5.17. The van der Waals surface area contributed by atoms with Crippen LogP contribution in [0.5, 0.6) is 0 Å². The number of rotatable bonds is 3. The average molecular weight is 337 g/mol. The molecular weight excluding hydrogens is 314 g/mol. The molecule has 0 atom stereocenters. The molecular formula is C21H23NO3. The van der Waals surface area contributed by atoms with Crippen LogP contribution in [-0.4, -0.2) is 35.0 Å². The molecule has 0 unspecified atom stereocenters. The average Bonchev–Trinajstić information content (AvgIpc) is 2.63. The van der Waals surface area contributed by atoms with E-state index in [1.807, 2.05) is 49.1 Å². The standard InChI is InChI=1S/C21H23NO3/c1-14-3-4-19(13-15(14)2)20(23)22-11-9-17(10-12-22)16-5-7-18(8-6-16)21(24)25/h3-8,13,17H,9-12H2,1-2H3,(H,24,25). The minimum Gasteiger partial charge on any atom is -0.478 e. The van der Waals surface area contributed by atoms with E-state index in [1.54, 1.807) is 12.1 Å². The number of carbonyl (C=O) groups is 2. The molecule has 1 saturated heterocycles. The van der Waals surface area contributed by atoms with Crippen molar-refractivity contribution < 1.29 is 14.7 Å². The van der Waals surface area contributed by atoms with Crippen molar-refractivity contribution in [2.45, 2.75) is 32.6 Å². The second-order valence-corrected chi connectivity index (χ2v) is 6.79. The van der Waals surface area contributed by atoms with E-state index in [1.165, 1.54) is 5.56 Å². The van der Waals surface area contributed by atoms with Gasteiger partial charge in [0.15, 0.2) is 0 Å². The zero-order valence-corrected chi connectivity index (χ0v) is 14.7. The Labute approximate surface area is 148 Å². The number of carboxylic acids is 1. The number of piperidine rings is 1. The zero-order chi connectivity index (χ0) is 18.0. The molecule has 1 heterocycles. The molecule has 0 saturated carbocycles. The highest BCUT2D eigenvalue weighted by Crippen LogP contribution is 2.29. The van der Waals surface area contributed by atoms with E-state index >= 15 is 0 Å². The van der Waals surface area contributed by atoms with Crippen LogP contribution in [0, 0.1) is 13.8 Å². The summed E-state index contributed by atoms with van der Waals surface area (Å²) in [5.74, 6) is -0.421. The van der Waals surface area contributed by atoms with Crippen LogP contribution in [0.25, 0.3) is 0 Å². The minimum absolute atomic E-state index is 0.0998. The molecule has 0 aromatic heterocycles. The number of carboxylic acid groups (broad SMARTS) is 1. The molecule has 1 aliphatic rings. The van der Waals surface area contributed by atoms with Gasteiger partial charge in [0.05, 0.1) is 5.56 Å². The first-order chi connectivity index (χ1) is 12.0. The molecule has 4 heteroatoms. The van der Waals surface area contributed by atoms with Crippen LogP contribution in [-0.2, 0) is 0 Å². The molecule has 0 spiro atoms. The van der Waals surface area contributed by atoms with Gasteiger partial charge < -0.3 is 10.0 Å². The third kappa shape index (κ3) is 3.73. The number of amides is 1. The Balaban J connectivity index is 1.64. The maximum atomic E-state index is 12.7. The zero-order valence-electron chi connectivity index (χ0n) is 14.7.